The zero-order chi connectivity index (χ0) is 23.9. The van der Waals surface area contributed by atoms with Gasteiger partial charge in [-0.15, -0.1) is 0 Å². The van der Waals surface area contributed by atoms with Crippen LogP contribution in [-0.4, -0.2) is 57.9 Å². The third kappa shape index (κ3) is 5.56. The molecule has 1 aromatic carbocycles. The van der Waals surface area contributed by atoms with E-state index in [1.807, 2.05) is 6.07 Å². The molecule has 2 N–H and O–H groups in total. The minimum Gasteiger partial charge on any atom is -0.494 e. The van der Waals surface area contributed by atoms with E-state index in [4.69, 9.17) is 4.74 Å². The molecule has 0 aliphatic carbocycles. The molecule has 0 saturated carbocycles. The molecule has 0 radical (unpaired) electrons. The predicted octanol–water partition coefficient (Wildman–Crippen LogP) is 1.61. The lowest BCUT2D eigenvalue weighted by Gasteiger charge is -2.29. The number of nitrogens with one attached hydrogen (secondary N) is 2. The zero-order valence-electron chi connectivity index (χ0n) is 18.8. The maximum atomic E-state index is 12.7. The topological polar surface area (TPSA) is 131 Å². The molecule has 2 aliphatic rings. The SMILES string of the molecule is O=C1CCC(N2Cc3cc(OCCCCCCNC(=O)c4ccnnc4)ccc3C2=O)C(=O)N1. The van der Waals surface area contributed by atoms with Crippen LogP contribution in [0.25, 0.3) is 0 Å². The standard InChI is InChI=1S/C24H27N5O5/c30-21-8-7-20(23(32)28-21)29-15-17-13-18(5-6-19(17)24(29)33)34-12-4-2-1-3-10-25-22(31)16-9-11-26-27-14-16/h5-6,9,11,13-14,20H,1-4,7-8,10,12,15H2,(H,25,31)(H,28,30,32). The Morgan fingerprint density at radius 1 is 1.12 bits per heavy atom. The Bertz CT molecular complexity index is 1070. The lowest BCUT2D eigenvalue weighted by molar-refractivity contribution is -0.136. The molecule has 1 saturated heterocycles. The van der Waals surface area contributed by atoms with Gasteiger partial charge in [0.1, 0.15) is 11.8 Å². The van der Waals surface area contributed by atoms with E-state index in [1.165, 1.54) is 17.3 Å². The van der Waals surface area contributed by atoms with Gasteiger partial charge in [0.15, 0.2) is 0 Å². The van der Waals surface area contributed by atoms with Crippen LogP contribution in [0.1, 0.15) is 64.8 Å². The number of rotatable bonds is 10. The Morgan fingerprint density at radius 2 is 1.97 bits per heavy atom. The van der Waals surface area contributed by atoms with Gasteiger partial charge < -0.3 is 15.0 Å². The molecule has 178 valence electrons. The van der Waals surface area contributed by atoms with Crippen LogP contribution in [0.15, 0.2) is 36.7 Å². The number of benzene rings is 1. The molecule has 4 rings (SSSR count). The monoisotopic (exact) mass is 465 g/mol. The number of nitrogens with zero attached hydrogens (tertiary/aromatic N) is 3. The molecule has 1 fully saturated rings. The van der Waals surface area contributed by atoms with Crippen molar-refractivity contribution in [2.75, 3.05) is 13.2 Å². The van der Waals surface area contributed by atoms with Crippen molar-refractivity contribution >= 4 is 23.6 Å². The number of hydrogen-bond acceptors (Lipinski definition) is 7. The number of hydrogen-bond donors (Lipinski definition) is 2. The highest BCUT2D eigenvalue weighted by Gasteiger charge is 2.39. The third-order valence-electron chi connectivity index (χ3n) is 5.97. The maximum Gasteiger partial charge on any atom is 0.255 e. The highest BCUT2D eigenvalue weighted by atomic mass is 16.5. The van der Waals surface area contributed by atoms with Gasteiger partial charge in [0.2, 0.25) is 11.8 Å². The quantitative estimate of drug-likeness (QED) is 0.403. The van der Waals surface area contributed by atoms with Gasteiger partial charge in [-0.05, 0) is 49.1 Å². The van der Waals surface area contributed by atoms with E-state index in [0.29, 0.717) is 43.0 Å². The Balaban J connectivity index is 1.15. The molecule has 4 amide bonds. The van der Waals surface area contributed by atoms with E-state index >= 15 is 0 Å². The van der Waals surface area contributed by atoms with Crippen molar-refractivity contribution in [2.45, 2.75) is 51.1 Å². The Morgan fingerprint density at radius 3 is 2.76 bits per heavy atom. The van der Waals surface area contributed by atoms with Crippen LogP contribution in [0.5, 0.6) is 5.75 Å². The first kappa shape index (κ1) is 23.3. The molecule has 10 nitrogen and oxygen atoms in total. The Labute approximate surface area is 197 Å². The molecule has 2 aromatic rings. The van der Waals surface area contributed by atoms with Crippen molar-refractivity contribution in [1.29, 1.82) is 0 Å². The summed E-state index contributed by atoms with van der Waals surface area (Å²) >= 11 is 0. The van der Waals surface area contributed by atoms with E-state index < -0.39 is 11.9 Å². The number of unbranched alkanes of at least 4 members (excludes halogenated alkanes) is 3. The van der Waals surface area contributed by atoms with E-state index in [0.717, 1.165) is 31.2 Å². The summed E-state index contributed by atoms with van der Waals surface area (Å²) in [4.78, 5) is 49.7. The summed E-state index contributed by atoms with van der Waals surface area (Å²) in [5.74, 6) is -0.362. The third-order valence-corrected chi connectivity index (χ3v) is 5.97. The lowest BCUT2D eigenvalue weighted by atomic mass is 10.0. The summed E-state index contributed by atoms with van der Waals surface area (Å²) in [5, 5.41) is 12.5. The first-order valence-corrected chi connectivity index (χ1v) is 11.5. The number of amides is 4. The van der Waals surface area contributed by atoms with Gasteiger partial charge in [0.05, 0.1) is 24.6 Å². The van der Waals surface area contributed by atoms with Gasteiger partial charge in [-0.3, -0.25) is 24.5 Å². The average Bonchev–Trinajstić information content (AvgIpc) is 3.16. The van der Waals surface area contributed by atoms with Gasteiger partial charge in [0.25, 0.3) is 11.8 Å². The van der Waals surface area contributed by atoms with E-state index in [9.17, 15) is 19.2 Å². The molecular weight excluding hydrogens is 438 g/mol. The van der Waals surface area contributed by atoms with Crippen molar-refractivity contribution in [2.24, 2.45) is 0 Å². The number of aromatic nitrogens is 2. The molecule has 2 aliphatic heterocycles. The molecule has 1 atom stereocenters. The molecule has 1 unspecified atom stereocenters. The zero-order valence-corrected chi connectivity index (χ0v) is 18.8. The fourth-order valence-electron chi connectivity index (χ4n) is 4.14. The molecule has 10 heteroatoms. The molecule has 3 heterocycles. The summed E-state index contributed by atoms with van der Waals surface area (Å²) in [5.41, 5.74) is 1.90. The highest BCUT2D eigenvalue weighted by molar-refractivity contribution is 6.05. The highest BCUT2D eigenvalue weighted by Crippen LogP contribution is 2.30. The Hall–Kier alpha value is -3.82. The Kier molecular flexibility index (Phi) is 7.46. The van der Waals surface area contributed by atoms with E-state index in [1.54, 1.807) is 18.2 Å². The largest absolute Gasteiger partial charge is 0.494 e. The number of fused-ring (bicyclic) bond motifs is 1. The van der Waals surface area contributed by atoms with Crippen LogP contribution in [-0.2, 0) is 16.1 Å². The van der Waals surface area contributed by atoms with Crippen LogP contribution in [0.3, 0.4) is 0 Å². The molecule has 1 aromatic heterocycles. The maximum absolute atomic E-state index is 12.7. The minimum atomic E-state index is -0.617. The number of ether oxygens (including phenoxy) is 1. The van der Waals surface area contributed by atoms with Crippen molar-refractivity contribution in [1.82, 2.24) is 25.7 Å². The average molecular weight is 466 g/mol. The van der Waals surface area contributed by atoms with E-state index in [-0.39, 0.29) is 24.1 Å². The second-order valence-corrected chi connectivity index (χ2v) is 8.37. The normalized spacial score (nSPS) is 17.4. The van der Waals surface area contributed by atoms with Crippen molar-refractivity contribution in [3.05, 3.63) is 53.3 Å². The second kappa shape index (κ2) is 10.9. The summed E-state index contributed by atoms with van der Waals surface area (Å²) in [6, 6.07) is 6.37. The summed E-state index contributed by atoms with van der Waals surface area (Å²) < 4.78 is 5.85. The lowest BCUT2D eigenvalue weighted by Crippen LogP contribution is -2.52. The fourth-order valence-corrected chi connectivity index (χ4v) is 4.14. The number of piperidine rings is 1. The fraction of sp³-hybridized carbons (Fsp3) is 0.417. The minimum absolute atomic E-state index is 0.149. The van der Waals surface area contributed by atoms with Crippen molar-refractivity contribution in [3.8, 4) is 5.75 Å². The molecular formula is C24H27N5O5. The van der Waals surface area contributed by atoms with Gasteiger partial charge in [-0.1, -0.05) is 12.8 Å². The molecule has 34 heavy (non-hydrogen) atoms. The number of carbonyl (C=O) groups excluding carboxylic acids is 4. The van der Waals surface area contributed by atoms with Crippen LogP contribution in [0.4, 0.5) is 0 Å². The van der Waals surface area contributed by atoms with E-state index in [2.05, 4.69) is 20.8 Å². The molecule has 0 bridgehead atoms. The van der Waals surface area contributed by atoms with Gasteiger partial charge in [-0.2, -0.15) is 10.2 Å². The second-order valence-electron chi connectivity index (χ2n) is 8.37. The van der Waals surface area contributed by atoms with Crippen LogP contribution >= 0.6 is 0 Å². The first-order chi connectivity index (χ1) is 16.5. The van der Waals surface area contributed by atoms with Gasteiger partial charge >= 0.3 is 0 Å². The number of carbonyl (C=O) groups is 4. The molecule has 0 spiro atoms. The van der Waals surface area contributed by atoms with Crippen LogP contribution < -0.4 is 15.4 Å². The first-order valence-electron chi connectivity index (χ1n) is 11.5. The summed E-state index contributed by atoms with van der Waals surface area (Å²) in [6.07, 6.45) is 7.20. The van der Waals surface area contributed by atoms with Crippen molar-refractivity contribution < 1.29 is 23.9 Å². The van der Waals surface area contributed by atoms with Gasteiger partial charge in [0, 0.05) is 25.1 Å². The smallest absolute Gasteiger partial charge is 0.255 e. The number of imide groups is 1. The van der Waals surface area contributed by atoms with Gasteiger partial charge in [-0.25, -0.2) is 0 Å². The van der Waals surface area contributed by atoms with Crippen LogP contribution in [0, 0.1) is 0 Å². The van der Waals surface area contributed by atoms with Crippen LogP contribution in [0.2, 0.25) is 0 Å². The summed E-state index contributed by atoms with van der Waals surface area (Å²) in [6.45, 7) is 1.49. The summed E-state index contributed by atoms with van der Waals surface area (Å²) in [7, 11) is 0. The predicted molar refractivity (Wildman–Crippen MR) is 121 cm³/mol. The van der Waals surface area contributed by atoms with Crippen molar-refractivity contribution in [3.63, 3.8) is 0 Å².